The second-order valence-corrected chi connectivity index (χ2v) is 15.6. The molecule has 2 aromatic heterocycles. The molecular formula is C45H47FN10O6. The van der Waals surface area contributed by atoms with Gasteiger partial charge in [0.25, 0.3) is 5.91 Å². The van der Waals surface area contributed by atoms with Gasteiger partial charge in [-0.2, -0.15) is 4.98 Å². The van der Waals surface area contributed by atoms with Gasteiger partial charge < -0.3 is 45.4 Å². The largest absolute Gasteiger partial charge is 0.508 e. The van der Waals surface area contributed by atoms with Gasteiger partial charge in [-0.3, -0.25) is 9.59 Å². The number of amides is 2. The minimum Gasteiger partial charge on any atom is -0.508 e. The van der Waals surface area contributed by atoms with Crippen LogP contribution < -0.4 is 30.1 Å². The molecule has 4 aromatic carbocycles. The van der Waals surface area contributed by atoms with Gasteiger partial charge in [0.2, 0.25) is 11.9 Å². The lowest BCUT2D eigenvalue weighted by atomic mass is 9.95. The van der Waals surface area contributed by atoms with Gasteiger partial charge in [-0.25, -0.2) is 13.9 Å². The number of phenolic OH excluding ortho intramolecular Hbond substituents is 2. The minimum atomic E-state index is -0.617. The molecule has 320 valence electrons. The number of aromatic hydroxyl groups is 3. The number of aromatic nitrogens is 5. The third-order valence-electron chi connectivity index (χ3n) is 11.4. The number of fused-ring (bicyclic) bond motifs is 2. The highest BCUT2D eigenvalue weighted by atomic mass is 19.1. The summed E-state index contributed by atoms with van der Waals surface area (Å²) >= 11 is 0. The number of rotatable bonds is 11. The number of hydrogen-bond donors (Lipinski definition) is 5. The minimum absolute atomic E-state index is 0.0405. The van der Waals surface area contributed by atoms with Crippen LogP contribution in [0.1, 0.15) is 61.0 Å². The molecule has 0 saturated carbocycles. The number of phenols is 2. The second kappa shape index (κ2) is 16.9. The first kappa shape index (κ1) is 41.3. The normalized spacial score (nSPS) is 14.1. The van der Waals surface area contributed by atoms with E-state index in [4.69, 9.17) is 9.72 Å². The number of nitrogens with one attached hydrogen (secondary N) is 2. The molecule has 0 unspecified atom stereocenters. The molecule has 0 bridgehead atoms. The molecule has 0 atom stereocenters. The van der Waals surface area contributed by atoms with Gasteiger partial charge in [0.15, 0.2) is 11.6 Å². The Balaban J connectivity index is 0.901. The third-order valence-corrected chi connectivity index (χ3v) is 11.4. The first-order valence-corrected chi connectivity index (χ1v) is 20.4. The molecule has 2 amide bonds. The number of halogens is 1. The number of anilines is 6. The maximum atomic E-state index is 15.5. The van der Waals surface area contributed by atoms with Crippen LogP contribution in [0.5, 0.6) is 23.3 Å². The molecule has 2 aliphatic heterocycles. The van der Waals surface area contributed by atoms with E-state index in [9.17, 15) is 24.9 Å². The number of benzene rings is 4. The fraction of sp³-hybridized carbons (Fsp3) is 0.289. The number of nitrogens with zero attached hydrogens (tertiary/aromatic N) is 8. The fourth-order valence-corrected chi connectivity index (χ4v) is 7.94. The van der Waals surface area contributed by atoms with Crippen LogP contribution in [0.2, 0.25) is 0 Å². The highest BCUT2D eigenvalue weighted by Gasteiger charge is 2.30. The van der Waals surface area contributed by atoms with E-state index in [1.165, 1.54) is 22.8 Å². The summed E-state index contributed by atoms with van der Waals surface area (Å²) < 4.78 is 22.8. The maximum Gasteiger partial charge on any atom is 0.319 e. The summed E-state index contributed by atoms with van der Waals surface area (Å²) in [5.74, 6) is -0.0773. The van der Waals surface area contributed by atoms with Crippen LogP contribution in [-0.4, -0.2) is 85.7 Å². The van der Waals surface area contributed by atoms with Crippen molar-refractivity contribution in [3.05, 3.63) is 102 Å². The molecule has 0 spiro atoms. The van der Waals surface area contributed by atoms with Crippen LogP contribution in [0.3, 0.4) is 0 Å². The SMILES string of the molecule is CCOc1cc(N2CCC(C(=O)NCc3ccc(-n4c(O)nnc4-c4cc(C(C)C)c(O)cc4O)cc3F)CC2)ccc1Nc1ncc2c(n1)N(C)c1ccccc1C(=O)N2C. The van der Waals surface area contributed by atoms with Gasteiger partial charge in [-0.05, 0) is 73.7 Å². The van der Waals surface area contributed by atoms with E-state index in [0.29, 0.717) is 72.6 Å². The van der Waals surface area contributed by atoms with E-state index < -0.39 is 11.8 Å². The number of hydrogen-bond acceptors (Lipinski definition) is 13. The Morgan fingerprint density at radius 1 is 0.903 bits per heavy atom. The zero-order valence-corrected chi connectivity index (χ0v) is 34.9. The lowest BCUT2D eigenvalue weighted by Gasteiger charge is -2.33. The quantitative estimate of drug-likeness (QED) is 0.0885. The number of carbonyl (C=O) groups is 2. The van der Waals surface area contributed by atoms with Crippen molar-refractivity contribution in [3.8, 4) is 40.3 Å². The zero-order valence-electron chi connectivity index (χ0n) is 34.9. The van der Waals surface area contributed by atoms with Gasteiger partial charge in [0.05, 0.1) is 41.0 Å². The molecule has 0 aliphatic carbocycles. The first-order chi connectivity index (χ1) is 29.8. The van der Waals surface area contributed by atoms with E-state index in [1.807, 2.05) is 69.1 Å². The highest BCUT2D eigenvalue weighted by molar-refractivity contribution is 6.13. The fourth-order valence-electron chi connectivity index (χ4n) is 7.94. The van der Waals surface area contributed by atoms with Crippen LogP contribution in [0, 0.1) is 11.7 Å². The summed E-state index contributed by atoms with van der Waals surface area (Å²) in [6.07, 6.45) is 2.81. The van der Waals surface area contributed by atoms with Crippen molar-refractivity contribution in [2.45, 2.75) is 46.1 Å². The molecule has 16 nitrogen and oxygen atoms in total. The first-order valence-electron chi connectivity index (χ1n) is 20.4. The Kier molecular flexibility index (Phi) is 11.3. The highest BCUT2D eigenvalue weighted by Crippen LogP contribution is 2.41. The number of carbonyl (C=O) groups excluding carboxylic acids is 2. The topological polar surface area (TPSA) is 194 Å². The van der Waals surface area contributed by atoms with Crippen LogP contribution in [0.25, 0.3) is 17.1 Å². The summed E-state index contributed by atoms with van der Waals surface area (Å²) in [6.45, 7) is 7.29. The number of piperidine rings is 1. The molecular weight excluding hydrogens is 796 g/mol. The maximum absolute atomic E-state index is 15.5. The average molecular weight is 843 g/mol. The predicted octanol–water partition coefficient (Wildman–Crippen LogP) is 7.14. The van der Waals surface area contributed by atoms with Crippen LogP contribution in [0.15, 0.2) is 79.0 Å². The summed E-state index contributed by atoms with van der Waals surface area (Å²) in [5, 5.41) is 45.5. The molecule has 5 N–H and O–H groups in total. The van der Waals surface area contributed by atoms with Crippen LogP contribution in [-0.2, 0) is 11.3 Å². The van der Waals surface area contributed by atoms with E-state index >= 15 is 4.39 Å². The van der Waals surface area contributed by atoms with Crippen LogP contribution >= 0.6 is 0 Å². The zero-order chi connectivity index (χ0) is 43.8. The Hall–Kier alpha value is -7.43. The van der Waals surface area contributed by atoms with Gasteiger partial charge in [0, 0.05) is 63.0 Å². The Morgan fingerprint density at radius 3 is 2.40 bits per heavy atom. The lowest BCUT2D eigenvalue weighted by Crippen LogP contribution is -2.40. The molecule has 6 aromatic rings. The monoisotopic (exact) mass is 842 g/mol. The molecule has 2 aliphatic rings. The van der Waals surface area contributed by atoms with E-state index in [1.54, 1.807) is 36.3 Å². The van der Waals surface area contributed by atoms with Crippen molar-refractivity contribution >= 4 is 46.3 Å². The number of ether oxygens (including phenoxy) is 1. The summed E-state index contributed by atoms with van der Waals surface area (Å²) in [4.78, 5) is 41.5. The van der Waals surface area contributed by atoms with E-state index in [2.05, 4.69) is 30.7 Å². The van der Waals surface area contributed by atoms with Crippen molar-refractivity contribution in [1.29, 1.82) is 0 Å². The van der Waals surface area contributed by atoms with E-state index in [0.717, 1.165) is 11.4 Å². The summed E-state index contributed by atoms with van der Waals surface area (Å²) in [6, 6.07) is 19.8. The molecule has 8 rings (SSSR count). The second-order valence-electron chi connectivity index (χ2n) is 15.6. The van der Waals surface area contributed by atoms with Crippen molar-refractivity contribution < 1.29 is 34.0 Å². The Morgan fingerprint density at radius 2 is 1.66 bits per heavy atom. The molecule has 17 heteroatoms. The Labute approximate surface area is 357 Å². The average Bonchev–Trinajstić information content (AvgIpc) is 3.63. The lowest BCUT2D eigenvalue weighted by molar-refractivity contribution is -0.125. The predicted molar refractivity (Wildman–Crippen MR) is 233 cm³/mol. The summed E-state index contributed by atoms with van der Waals surface area (Å²) in [5.41, 5.74) is 4.69. The van der Waals surface area contributed by atoms with Crippen molar-refractivity contribution in [2.75, 3.05) is 53.8 Å². The van der Waals surface area contributed by atoms with E-state index in [-0.39, 0.29) is 64.3 Å². The van der Waals surface area contributed by atoms with Crippen molar-refractivity contribution in [1.82, 2.24) is 30.0 Å². The van der Waals surface area contributed by atoms with Gasteiger partial charge in [0.1, 0.15) is 28.8 Å². The molecule has 4 heterocycles. The summed E-state index contributed by atoms with van der Waals surface area (Å²) in [7, 11) is 3.58. The molecule has 0 radical (unpaired) electrons. The van der Waals surface area contributed by atoms with Gasteiger partial charge in [-0.1, -0.05) is 37.1 Å². The smallest absolute Gasteiger partial charge is 0.319 e. The van der Waals surface area contributed by atoms with Crippen molar-refractivity contribution in [2.24, 2.45) is 5.92 Å². The number of para-hydroxylation sites is 1. The van der Waals surface area contributed by atoms with Gasteiger partial charge >= 0.3 is 6.01 Å². The third kappa shape index (κ3) is 7.84. The standard InChI is InChI=1S/C45H47FN10O6/c1-6-62-39-20-28(13-14-34(39)49-44-48-24-36-41(50-44)53(4)35-10-8-7-9-30(35)43(60)54(36)5)55-17-15-26(16-18-55)42(59)47-23-27-11-12-29(19-33(27)46)56-40(51-52-45(56)61)32-21-31(25(2)3)37(57)22-38(32)58/h7-14,19-22,24-26,57-58H,6,15-18,23H2,1-5H3,(H,47,59)(H,52,61)(H,48,49,50). The van der Waals surface area contributed by atoms with Crippen LogP contribution in [0.4, 0.5) is 38.9 Å². The molecule has 1 saturated heterocycles. The molecule has 62 heavy (non-hydrogen) atoms. The molecule has 1 fully saturated rings. The van der Waals surface area contributed by atoms with Gasteiger partial charge in [-0.15, -0.1) is 5.10 Å². The van der Waals surface area contributed by atoms with Crippen molar-refractivity contribution in [3.63, 3.8) is 0 Å². The Bertz CT molecular complexity index is 2680.